The number of benzene rings is 1. The lowest BCUT2D eigenvalue weighted by Crippen LogP contribution is -2.43. The highest BCUT2D eigenvalue weighted by molar-refractivity contribution is 7.98. The number of amides is 1. The van der Waals surface area contributed by atoms with Crippen molar-refractivity contribution in [2.45, 2.75) is 11.3 Å². The number of carbonyl (C=O) groups is 1. The van der Waals surface area contributed by atoms with E-state index in [1.807, 2.05) is 30.5 Å². The topological polar surface area (TPSA) is 41.1 Å². The first-order valence-corrected chi connectivity index (χ1v) is 6.65. The zero-order valence-electron chi connectivity index (χ0n) is 9.32. The lowest BCUT2D eigenvalue weighted by Gasteiger charge is -2.26. The summed E-state index contributed by atoms with van der Waals surface area (Å²) in [6, 6.07) is 7.93. The van der Waals surface area contributed by atoms with Crippen molar-refractivity contribution in [3.8, 4) is 0 Å². The fourth-order valence-corrected chi connectivity index (χ4v) is 2.13. The third kappa shape index (κ3) is 3.00. The monoisotopic (exact) mass is 236 g/mol. The van der Waals surface area contributed by atoms with Crippen LogP contribution in [0.4, 0.5) is 5.69 Å². The van der Waals surface area contributed by atoms with Crippen molar-refractivity contribution in [1.29, 1.82) is 0 Å². The van der Waals surface area contributed by atoms with Crippen molar-refractivity contribution in [3.05, 3.63) is 24.3 Å². The van der Waals surface area contributed by atoms with Crippen LogP contribution in [-0.2, 0) is 4.79 Å². The normalized spacial score (nSPS) is 15.6. The fourth-order valence-electron chi connectivity index (χ4n) is 1.67. The van der Waals surface area contributed by atoms with Gasteiger partial charge in [0.05, 0.1) is 0 Å². The molecule has 0 radical (unpaired) electrons. The minimum absolute atomic E-state index is 0.116. The van der Waals surface area contributed by atoms with Gasteiger partial charge in [0.1, 0.15) is 0 Å². The molecular weight excluding hydrogens is 220 g/mol. The summed E-state index contributed by atoms with van der Waals surface area (Å²) in [6.07, 6.45) is 2.65. The molecule has 3 nitrogen and oxygen atoms in total. The molecule has 2 rings (SSSR count). The molecule has 1 aromatic rings. The van der Waals surface area contributed by atoms with E-state index < -0.39 is 0 Å². The van der Waals surface area contributed by atoms with Crippen LogP contribution in [0.2, 0.25) is 0 Å². The van der Waals surface area contributed by atoms with Gasteiger partial charge in [-0.25, -0.2) is 0 Å². The Morgan fingerprint density at radius 3 is 3.00 bits per heavy atom. The van der Waals surface area contributed by atoms with Crippen molar-refractivity contribution in [2.75, 3.05) is 24.7 Å². The second kappa shape index (κ2) is 5.37. The zero-order valence-corrected chi connectivity index (χ0v) is 10.1. The molecule has 1 heterocycles. The van der Waals surface area contributed by atoms with E-state index in [2.05, 4.69) is 10.6 Å². The summed E-state index contributed by atoms with van der Waals surface area (Å²) in [5.41, 5.74) is 0.893. The van der Waals surface area contributed by atoms with Crippen LogP contribution in [0.3, 0.4) is 0 Å². The predicted molar refractivity (Wildman–Crippen MR) is 67.8 cm³/mol. The van der Waals surface area contributed by atoms with Gasteiger partial charge in [-0.15, -0.1) is 11.8 Å². The minimum atomic E-state index is 0.116. The molecule has 1 aliphatic heterocycles. The van der Waals surface area contributed by atoms with E-state index >= 15 is 0 Å². The van der Waals surface area contributed by atoms with Gasteiger partial charge in [-0.1, -0.05) is 6.07 Å². The average Bonchev–Trinajstić information content (AvgIpc) is 2.24. The van der Waals surface area contributed by atoms with Crippen LogP contribution in [0, 0.1) is 5.92 Å². The number of thioether (sulfide) groups is 1. The molecule has 1 aliphatic rings. The summed E-state index contributed by atoms with van der Waals surface area (Å²) < 4.78 is 0. The molecular formula is C12H16N2OS. The van der Waals surface area contributed by atoms with Crippen molar-refractivity contribution in [1.82, 2.24) is 5.32 Å². The molecule has 0 aliphatic carbocycles. The third-order valence-corrected chi connectivity index (χ3v) is 3.42. The number of nitrogens with one attached hydrogen (secondary N) is 2. The summed E-state index contributed by atoms with van der Waals surface area (Å²) in [4.78, 5) is 12.8. The summed E-state index contributed by atoms with van der Waals surface area (Å²) in [5.74, 6) is 0.633. The third-order valence-electron chi connectivity index (χ3n) is 2.69. The van der Waals surface area contributed by atoms with E-state index in [1.165, 1.54) is 4.90 Å². The van der Waals surface area contributed by atoms with Crippen molar-refractivity contribution in [3.63, 3.8) is 0 Å². The average molecular weight is 236 g/mol. The maximum Gasteiger partial charge on any atom is 0.224 e. The first-order chi connectivity index (χ1) is 7.78. The van der Waals surface area contributed by atoms with E-state index in [1.54, 1.807) is 11.8 Å². The Morgan fingerprint density at radius 1 is 1.56 bits per heavy atom. The molecule has 2 N–H and O–H groups in total. The van der Waals surface area contributed by atoms with Crippen molar-refractivity contribution >= 4 is 23.4 Å². The number of anilines is 1. The Labute approximate surface area is 100.0 Å². The molecule has 4 heteroatoms. The molecule has 16 heavy (non-hydrogen) atoms. The Balaban J connectivity index is 1.89. The SMILES string of the molecule is CSc1cccc(NC(=O)CC2CNC2)c1. The van der Waals surface area contributed by atoms with Gasteiger partial charge in [0.25, 0.3) is 0 Å². The maximum atomic E-state index is 11.7. The highest BCUT2D eigenvalue weighted by Gasteiger charge is 2.19. The summed E-state index contributed by atoms with van der Waals surface area (Å²) >= 11 is 1.68. The van der Waals surface area contributed by atoms with Crippen LogP contribution < -0.4 is 10.6 Å². The number of hydrogen-bond acceptors (Lipinski definition) is 3. The first kappa shape index (κ1) is 11.5. The number of carbonyl (C=O) groups excluding carboxylic acids is 1. The highest BCUT2D eigenvalue weighted by Crippen LogP contribution is 2.19. The minimum Gasteiger partial charge on any atom is -0.326 e. The van der Waals surface area contributed by atoms with E-state index in [0.29, 0.717) is 12.3 Å². The molecule has 1 saturated heterocycles. The van der Waals surface area contributed by atoms with E-state index in [-0.39, 0.29) is 5.91 Å². The molecule has 1 aromatic carbocycles. The van der Waals surface area contributed by atoms with E-state index in [4.69, 9.17) is 0 Å². The highest BCUT2D eigenvalue weighted by atomic mass is 32.2. The summed E-state index contributed by atoms with van der Waals surface area (Å²) in [6.45, 7) is 1.94. The molecule has 0 bridgehead atoms. The molecule has 0 unspecified atom stereocenters. The summed E-state index contributed by atoms with van der Waals surface area (Å²) in [7, 11) is 0. The van der Waals surface area contributed by atoms with Gasteiger partial charge < -0.3 is 10.6 Å². The Hall–Kier alpha value is -1.00. The maximum absolute atomic E-state index is 11.7. The van der Waals surface area contributed by atoms with Gasteiger partial charge in [0, 0.05) is 17.0 Å². The summed E-state index contributed by atoms with van der Waals surface area (Å²) in [5, 5.41) is 6.10. The van der Waals surface area contributed by atoms with Gasteiger partial charge in [0.15, 0.2) is 0 Å². The predicted octanol–water partition coefficient (Wildman–Crippen LogP) is 1.96. The lowest BCUT2D eigenvalue weighted by atomic mass is 9.99. The Kier molecular flexibility index (Phi) is 3.85. The first-order valence-electron chi connectivity index (χ1n) is 5.42. The number of rotatable bonds is 4. The van der Waals surface area contributed by atoms with E-state index in [0.717, 1.165) is 18.8 Å². The second-order valence-electron chi connectivity index (χ2n) is 4.01. The van der Waals surface area contributed by atoms with Crippen LogP contribution in [0.25, 0.3) is 0 Å². The van der Waals surface area contributed by atoms with Crippen LogP contribution in [0.5, 0.6) is 0 Å². The molecule has 0 saturated carbocycles. The van der Waals surface area contributed by atoms with Crippen LogP contribution in [0.1, 0.15) is 6.42 Å². The van der Waals surface area contributed by atoms with Gasteiger partial charge in [0.2, 0.25) is 5.91 Å². The van der Waals surface area contributed by atoms with Gasteiger partial charge in [-0.05, 0) is 43.5 Å². The molecule has 0 spiro atoms. The second-order valence-corrected chi connectivity index (χ2v) is 4.89. The zero-order chi connectivity index (χ0) is 11.4. The molecule has 0 atom stereocenters. The fraction of sp³-hybridized carbons (Fsp3) is 0.417. The van der Waals surface area contributed by atoms with E-state index in [9.17, 15) is 4.79 Å². The van der Waals surface area contributed by atoms with Crippen LogP contribution in [-0.4, -0.2) is 25.3 Å². The molecule has 1 amide bonds. The van der Waals surface area contributed by atoms with Crippen LogP contribution in [0.15, 0.2) is 29.2 Å². The smallest absolute Gasteiger partial charge is 0.224 e. The lowest BCUT2D eigenvalue weighted by molar-refractivity contribution is -0.117. The van der Waals surface area contributed by atoms with Gasteiger partial charge in [-0.2, -0.15) is 0 Å². The molecule has 1 fully saturated rings. The molecule has 86 valence electrons. The van der Waals surface area contributed by atoms with Crippen molar-refractivity contribution < 1.29 is 4.79 Å². The largest absolute Gasteiger partial charge is 0.326 e. The standard InChI is InChI=1S/C12H16N2OS/c1-16-11-4-2-3-10(6-11)14-12(15)5-9-7-13-8-9/h2-4,6,9,13H,5,7-8H2,1H3,(H,14,15). The Morgan fingerprint density at radius 2 is 2.38 bits per heavy atom. The van der Waals surface area contributed by atoms with Gasteiger partial charge >= 0.3 is 0 Å². The molecule has 0 aromatic heterocycles. The van der Waals surface area contributed by atoms with Crippen LogP contribution >= 0.6 is 11.8 Å². The number of hydrogen-bond donors (Lipinski definition) is 2. The van der Waals surface area contributed by atoms with Crippen molar-refractivity contribution in [2.24, 2.45) is 5.92 Å². The quantitative estimate of drug-likeness (QED) is 0.785. The Bertz CT molecular complexity index is 377. The van der Waals surface area contributed by atoms with Gasteiger partial charge in [-0.3, -0.25) is 4.79 Å².